The summed E-state index contributed by atoms with van der Waals surface area (Å²) >= 11 is 0. The molecule has 5 nitrogen and oxygen atoms in total. The van der Waals surface area contributed by atoms with Gasteiger partial charge in [0.1, 0.15) is 0 Å². The van der Waals surface area contributed by atoms with E-state index in [-0.39, 0.29) is 12.7 Å². The quantitative estimate of drug-likeness (QED) is 0.851. The van der Waals surface area contributed by atoms with E-state index in [0.717, 1.165) is 38.3 Å². The summed E-state index contributed by atoms with van der Waals surface area (Å²) < 4.78 is 7.86. The lowest BCUT2D eigenvalue weighted by molar-refractivity contribution is 0.0628. The highest BCUT2D eigenvalue weighted by atomic mass is 16.5. The molecule has 0 atom stereocenters. The van der Waals surface area contributed by atoms with Gasteiger partial charge in [-0.2, -0.15) is 0 Å². The van der Waals surface area contributed by atoms with Crippen LogP contribution < -0.4 is 0 Å². The SMILES string of the molecule is CC(C)OCc1ncn2c1CN(CCO)CCC2. The molecule has 0 radical (unpaired) electrons. The van der Waals surface area contributed by atoms with Crippen molar-refractivity contribution in [2.24, 2.45) is 0 Å². The molecule has 2 heterocycles. The summed E-state index contributed by atoms with van der Waals surface area (Å²) in [6, 6.07) is 0. The van der Waals surface area contributed by atoms with Crippen LogP contribution in [0, 0.1) is 0 Å². The fraction of sp³-hybridized carbons (Fsp3) is 0.769. The minimum Gasteiger partial charge on any atom is -0.395 e. The molecule has 1 aliphatic rings. The van der Waals surface area contributed by atoms with Crippen LogP contribution >= 0.6 is 0 Å². The Labute approximate surface area is 108 Å². The van der Waals surface area contributed by atoms with Crippen molar-refractivity contribution in [2.75, 3.05) is 19.7 Å². The predicted molar refractivity (Wildman–Crippen MR) is 69.1 cm³/mol. The summed E-state index contributed by atoms with van der Waals surface area (Å²) in [5.41, 5.74) is 2.27. The van der Waals surface area contributed by atoms with Crippen LogP contribution in [-0.4, -0.2) is 45.4 Å². The lowest BCUT2D eigenvalue weighted by Crippen LogP contribution is -2.27. The van der Waals surface area contributed by atoms with E-state index < -0.39 is 0 Å². The first-order valence-corrected chi connectivity index (χ1v) is 6.68. The van der Waals surface area contributed by atoms with Gasteiger partial charge in [-0.05, 0) is 20.3 Å². The Morgan fingerprint density at radius 1 is 1.44 bits per heavy atom. The van der Waals surface area contributed by atoms with Gasteiger partial charge in [-0.1, -0.05) is 0 Å². The summed E-state index contributed by atoms with van der Waals surface area (Å²) in [5.74, 6) is 0. The van der Waals surface area contributed by atoms with E-state index in [4.69, 9.17) is 9.84 Å². The number of rotatable bonds is 5. The first kappa shape index (κ1) is 13.5. The van der Waals surface area contributed by atoms with Crippen LogP contribution in [0.25, 0.3) is 0 Å². The Morgan fingerprint density at radius 2 is 2.28 bits per heavy atom. The Kier molecular flexibility index (Phi) is 4.74. The van der Waals surface area contributed by atoms with Crippen LogP contribution in [0.4, 0.5) is 0 Å². The second-order valence-corrected chi connectivity index (χ2v) is 5.04. The van der Waals surface area contributed by atoms with Crippen molar-refractivity contribution in [1.29, 1.82) is 0 Å². The van der Waals surface area contributed by atoms with Crippen LogP contribution in [0.15, 0.2) is 6.33 Å². The standard InChI is InChI=1S/C13H23N3O2/c1-11(2)18-9-12-13-8-15(6-7-17)4-3-5-16(13)10-14-12/h10-11,17H,3-9H2,1-2H3. The molecule has 0 aliphatic carbocycles. The lowest BCUT2D eigenvalue weighted by Gasteiger charge is -2.18. The Balaban J connectivity index is 2.08. The highest BCUT2D eigenvalue weighted by Crippen LogP contribution is 2.17. The summed E-state index contributed by atoms with van der Waals surface area (Å²) in [6.45, 7) is 8.49. The van der Waals surface area contributed by atoms with Gasteiger partial charge in [0, 0.05) is 26.2 Å². The molecule has 1 aromatic rings. The van der Waals surface area contributed by atoms with Crippen LogP contribution in [0.3, 0.4) is 0 Å². The normalized spacial score (nSPS) is 16.9. The highest BCUT2D eigenvalue weighted by Gasteiger charge is 2.18. The largest absolute Gasteiger partial charge is 0.395 e. The second-order valence-electron chi connectivity index (χ2n) is 5.04. The maximum atomic E-state index is 9.07. The molecule has 102 valence electrons. The molecule has 0 amide bonds. The van der Waals surface area contributed by atoms with E-state index in [1.807, 2.05) is 20.2 Å². The molecule has 0 saturated carbocycles. The number of aryl methyl sites for hydroxylation is 1. The molecule has 0 aromatic carbocycles. The first-order valence-electron chi connectivity index (χ1n) is 6.68. The number of ether oxygens (including phenoxy) is 1. The highest BCUT2D eigenvalue weighted by molar-refractivity contribution is 5.13. The van der Waals surface area contributed by atoms with Crippen molar-refractivity contribution in [3.8, 4) is 0 Å². The number of aliphatic hydroxyl groups excluding tert-OH is 1. The summed E-state index contributed by atoms with van der Waals surface area (Å²) in [7, 11) is 0. The number of aliphatic hydroxyl groups is 1. The van der Waals surface area contributed by atoms with Crippen molar-refractivity contribution < 1.29 is 9.84 Å². The number of nitrogens with zero attached hydrogens (tertiary/aromatic N) is 3. The molecule has 1 aromatic heterocycles. The van der Waals surface area contributed by atoms with Gasteiger partial charge in [0.05, 0.1) is 37.0 Å². The van der Waals surface area contributed by atoms with Gasteiger partial charge in [0.2, 0.25) is 0 Å². The predicted octanol–water partition coefficient (Wildman–Crippen LogP) is 1.01. The number of β-amino-alcohol motifs (C(OH)–C–C–N with tert-alkyl or cyclic N) is 1. The molecule has 18 heavy (non-hydrogen) atoms. The molecule has 0 spiro atoms. The van der Waals surface area contributed by atoms with E-state index in [1.165, 1.54) is 5.69 Å². The van der Waals surface area contributed by atoms with Crippen LogP contribution in [0.1, 0.15) is 31.7 Å². The fourth-order valence-corrected chi connectivity index (χ4v) is 2.28. The van der Waals surface area contributed by atoms with Crippen molar-refractivity contribution in [2.45, 2.75) is 46.1 Å². The van der Waals surface area contributed by atoms with Gasteiger partial charge < -0.3 is 14.4 Å². The first-order chi connectivity index (χ1) is 8.70. The van der Waals surface area contributed by atoms with Gasteiger partial charge in [0.15, 0.2) is 0 Å². The van der Waals surface area contributed by atoms with E-state index in [0.29, 0.717) is 6.61 Å². The number of fused-ring (bicyclic) bond motifs is 1. The summed E-state index contributed by atoms with van der Waals surface area (Å²) in [6.07, 6.45) is 3.24. The zero-order valence-corrected chi connectivity index (χ0v) is 11.3. The Morgan fingerprint density at radius 3 is 3.00 bits per heavy atom. The minimum absolute atomic E-state index is 0.214. The molecule has 1 aliphatic heterocycles. The third kappa shape index (κ3) is 3.31. The van der Waals surface area contributed by atoms with Gasteiger partial charge >= 0.3 is 0 Å². The van der Waals surface area contributed by atoms with Crippen molar-refractivity contribution in [1.82, 2.24) is 14.5 Å². The van der Waals surface area contributed by atoms with Crippen LogP contribution in [0.2, 0.25) is 0 Å². The number of hydrogen-bond acceptors (Lipinski definition) is 4. The number of imidazole rings is 1. The Bertz CT molecular complexity index is 376. The monoisotopic (exact) mass is 253 g/mol. The van der Waals surface area contributed by atoms with Gasteiger partial charge in [0.25, 0.3) is 0 Å². The lowest BCUT2D eigenvalue weighted by atomic mass is 10.3. The fourth-order valence-electron chi connectivity index (χ4n) is 2.28. The molecular weight excluding hydrogens is 230 g/mol. The summed E-state index contributed by atoms with van der Waals surface area (Å²) in [5, 5.41) is 9.07. The molecule has 0 unspecified atom stereocenters. The molecule has 1 N–H and O–H groups in total. The van der Waals surface area contributed by atoms with Gasteiger partial charge in [-0.25, -0.2) is 4.98 Å². The van der Waals surface area contributed by atoms with E-state index >= 15 is 0 Å². The topological polar surface area (TPSA) is 50.5 Å². The third-order valence-corrected chi connectivity index (χ3v) is 3.25. The molecule has 5 heteroatoms. The van der Waals surface area contributed by atoms with Crippen molar-refractivity contribution in [3.63, 3.8) is 0 Å². The minimum atomic E-state index is 0.214. The average molecular weight is 253 g/mol. The van der Waals surface area contributed by atoms with Crippen molar-refractivity contribution in [3.05, 3.63) is 17.7 Å². The van der Waals surface area contributed by atoms with Crippen molar-refractivity contribution >= 4 is 0 Å². The second kappa shape index (κ2) is 6.31. The van der Waals surface area contributed by atoms with Gasteiger partial charge in [-0.3, -0.25) is 4.90 Å². The molecular formula is C13H23N3O2. The van der Waals surface area contributed by atoms with E-state index in [1.54, 1.807) is 0 Å². The van der Waals surface area contributed by atoms with Crippen LogP contribution in [0.5, 0.6) is 0 Å². The molecule has 2 rings (SSSR count). The molecule has 0 saturated heterocycles. The van der Waals surface area contributed by atoms with E-state index in [9.17, 15) is 0 Å². The zero-order valence-electron chi connectivity index (χ0n) is 11.3. The maximum absolute atomic E-state index is 9.07. The van der Waals surface area contributed by atoms with Gasteiger partial charge in [-0.15, -0.1) is 0 Å². The smallest absolute Gasteiger partial charge is 0.0953 e. The molecule has 0 fully saturated rings. The number of aromatic nitrogens is 2. The van der Waals surface area contributed by atoms with Crippen LogP contribution in [-0.2, 0) is 24.4 Å². The van der Waals surface area contributed by atoms with E-state index in [2.05, 4.69) is 14.5 Å². The summed E-state index contributed by atoms with van der Waals surface area (Å²) in [4.78, 5) is 6.73. The number of hydrogen-bond donors (Lipinski definition) is 1. The molecule has 0 bridgehead atoms. The third-order valence-electron chi connectivity index (χ3n) is 3.25. The maximum Gasteiger partial charge on any atom is 0.0953 e. The Hall–Kier alpha value is -0.910. The zero-order chi connectivity index (χ0) is 13.0. The average Bonchev–Trinajstić information content (AvgIpc) is 2.58.